The van der Waals surface area contributed by atoms with Crippen molar-refractivity contribution in [1.29, 1.82) is 0 Å². The van der Waals surface area contributed by atoms with Crippen LogP contribution in [-0.2, 0) is 4.79 Å². The van der Waals surface area contributed by atoms with E-state index >= 15 is 0 Å². The van der Waals surface area contributed by atoms with Gasteiger partial charge in [-0.3, -0.25) is 10.1 Å². The normalized spacial score (nSPS) is 12.0. The molecule has 0 bridgehead atoms. The van der Waals surface area contributed by atoms with Gasteiger partial charge in [-0.1, -0.05) is 49.1 Å². The standard InChI is InChI=1S/C16H21N3O2S2/c1-5-12(21-13-9-10(3)7-8-11(13)4)14(20)17-15-18-19-16(23-15)22-6-2/h7-9,12H,5-6H2,1-4H3,(H,17,18,20). The zero-order chi connectivity index (χ0) is 16.8. The van der Waals surface area contributed by atoms with Crippen molar-refractivity contribution in [3.63, 3.8) is 0 Å². The number of nitrogens with zero attached hydrogens (tertiary/aromatic N) is 2. The lowest BCUT2D eigenvalue weighted by molar-refractivity contribution is -0.122. The molecular weight excluding hydrogens is 330 g/mol. The van der Waals surface area contributed by atoms with E-state index in [9.17, 15) is 4.79 Å². The van der Waals surface area contributed by atoms with Gasteiger partial charge in [0, 0.05) is 0 Å². The second kappa shape index (κ2) is 8.31. The summed E-state index contributed by atoms with van der Waals surface area (Å²) in [5.41, 5.74) is 2.12. The van der Waals surface area contributed by atoms with Gasteiger partial charge in [0.1, 0.15) is 5.75 Å². The zero-order valence-corrected chi connectivity index (χ0v) is 15.4. The second-order valence-electron chi connectivity index (χ2n) is 5.08. The maximum Gasteiger partial charge on any atom is 0.267 e. The topological polar surface area (TPSA) is 64.1 Å². The van der Waals surface area contributed by atoms with Gasteiger partial charge < -0.3 is 4.74 Å². The first kappa shape index (κ1) is 17.7. The SMILES string of the molecule is CCSc1nnc(NC(=O)C(CC)Oc2cc(C)ccc2C)s1. The number of anilines is 1. The van der Waals surface area contributed by atoms with Crippen molar-refractivity contribution in [3.05, 3.63) is 29.3 Å². The van der Waals surface area contributed by atoms with Crippen LogP contribution < -0.4 is 10.1 Å². The molecule has 0 saturated carbocycles. The van der Waals surface area contributed by atoms with Crippen LogP contribution in [0.25, 0.3) is 0 Å². The molecule has 1 unspecified atom stereocenters. The number of benzene rings is 1. The van der Waals surface area contributed by atoms with E-state index in [0.717, 1.165) is 27.0 Å². The molecule has 1 amide bonds. The minimum absolute atomic E-state index is 0.197. The van der Waals surface area contributed by atoms with Crippen LogP contribution in [0.1, 0.15) is 31.4 Å². The molecule has 1 atom stereocenters. The summed E-state index contributed by atoms with van der Waals surface area (Å²) in [5.74, 6) is 1.47. The summed E-state index contributed by atoms with van der Waals surface area (Å²) in [5, 5.41) is 11.3. The molecule has 0 aliphatic carbocycles. The lowest BCUT2D eigenvalue weighted by Crippen LogP contribution is -2.32. The Morgan fingerprint density at radius 2 is 2.13 bits per heavy atom. The van der Waals surface area contributed by atoms with Crippen LogP contribution in [0.5, 0.6) is 5.75 Å². The van der Waals surface area contributed by atoms with Crippen LogP contribution in [0.15, 0.2) is 22.5 Å². The highest BCUT2D eigenvalue weighted by molar-refractivity contribution is 8.01. The number of carbonyl (C=O) groups excluding carboxylic acids is 1. The van der Waals surface area contributed by atoms with Crippen LogP contribution in [-0.4, -0.2) is 28.0 Å². The maximum absolute atomic E-state index is 12.4. The van der Waals surface area contributed by atoms with Crippen LogP contribution in [0.3, 0.4) is 0 Å². The number of rotatable bonds is 7. The van der Waals surface area contributed by atoms with Gasteiger partial charge in [-0.2, -0.15) is 0 Å². The molecule has 1 N–H and O–H groups in total. The fourth-order valence-corrected chi connectivity index (χ4v) is 3.59. The molecule has 124 valence electrons. The predicted molar refractivity (Wildman–Crippen MR) is 95.6 cm³/mol. The number of thioether (sulfide) groups is 1. The van der Waals surface area contributed by atoms with Gasteiger partial charge in [-0.25, -0.2) is 0 Å². The third-order valence-corrected chi connectivity index (χ3v) is 5.03. The van der Waals surface area contributed by atoms with E-state index in [0.29, 0.717) is 11.6 Å². The minimum atomic E-state index is -0.554. The molecule has 1 aromatic heterocycles. The molecule has 0 aliphatic rings. The smallest absolute Gasteiger partial charge is 0.267 e. The Hall–Kier alpha value is -1.60. The van der Waals surface area contributed by atoms with E-state index in [1.165, 1.54) is 11.3 Å². The first-order valence-electron chi connectivity index (χ1n) is 7.54. The Bertz CT molecular complexity index is 673. The van der Waals surface area contributed by atoms with Gasteiger partial charge in [0.15, 0.2) is 10.4 Å². The number of hydrogen-bond acceptors (Lipinski definition) is 6. The Morgan fingerprint density at radius 3 is 2.83 bits per heavy atom. The molecule has 0 aliphatic heterocycles. The minimum Gasteiger partial charge on any atom is -0.480 e. The van der Waals surface area contributed by atoms with E-state index in [1.54, 1.807) is 11.8 Å². The Labute approximate surface area is 144 Å². The van der Waals surface area contributed by atoms with E-state index in [-0.39, 0.29) is 5.91 Å². The zero-order valence-electron chi connectivity index (χ0n) is 13.8. The third-order valence-electron chi connectivity index (χ3n) is 3.18. The van der Waals surface area contributed by atoms with Crippen LogP contribution in [0, 0.1) is 13.8 Å². The first-order valence-corrected chi connectivity index (χ1v) is 9.34. The average Bonchev–Trinajstić information content (AvgIpc) is 2.95. The van der Waals surface area contributed by atoms with Gasteiger partial charge in [-0.15, -0.1) is 10.2 Å². The molecule has 7 heteroatoms. The number of ether oxygens (including phenoxy) is 1. The van der Waals surface area contributed by atoms with E-state index in [2.05, 4.69) is 22.4 Å². The summed E-state index contributed by atoms with van der Waals surface area (Å²) in [7, 11) is 0. The van der Waals surface area contributed by atoms with Gasteiger partial charge in [0.05, 0.1) is 0 Å². The molecule has 1 heterocycles. The van der Waals surface area contributed by atoms with E-state index in [1.807, 2.05) is 39.0 Å². The molecule has 2 aromatic rings. The quantitative estimate of drug-likeness (QED) is 0.602. The summed E-state index contributed by atoms with van der Waals surface area (Å²) in [4.78, 5) is 12.4. The fraction of sp³-hybridized carbons (Fsp3) is 0.438. The molecule has 0 spiro atoms. The number of aromatic nitrogens is 2. The average molecular weight is 351 g/mol. The van der Waals surface area contributed by atoms with Crippen molar-refractivity contribution in [1.82, 2.24) is 10.2 Å². The highest BCUT2D eigenvalue weighted by Gasteiger charge is 2.21. The van der Waals surface area contributed by atoms with Gasteiger partial charge >= 0.3 is 0 Å². The lowest BCUT2D eigenvalue weighted by atomic mass is 10.1. The van der Waals surface area contributed by atoms with Gasteiger partial charge in [-0.05, 0) is 43.2 Å². The lowest BCUT2D eigenvalue weighted by Gasteiger charge is -2.18. The monoisotopic (exact) mass is 351 g/mol. The molecule has 0 saturated heterocycles. The van der Waals surface area contributed by atoms with Crippen LogP contribution in [0.2, 0.25) is 0 Å². The van der Waals surface area contributed by atoms with Crippen molar-refractivity contribution >= 4 is 34.1 Å². The van der Waals surface area contributed by atoms with Crippen LogP contribution in [0.4, 0.5) is 5.13 Å². The van der Waals surface area contributed by atoms with Crippen molar-refractivity contribution < 1.29 is 9.53 Å². The Kier molecular flexibility index (Phi) is 6.41. The number of aryl methyl sites for hydroxylation is 2. The fourth-order valence-electron chi connectivity index (χ4n) is 1.94. The number of amides is 1. The highest BCUT2D eigenvalue weighted by Crippen LogP contribution is 2.26. The van der Waals surface area contributed by atoms with E-state index < -0.39 is 6.10 Å². The highest BCUT2D eigenvalue weighted by atomic mass is 32.2. The second-order valence-corrected chi connectivity index (χ2v) is 7.57. The van der Waals surface area contributed by atoms with Gasteiger partial charge in [0.25, 0.3) is 5.91 Å². The number of carbonyl (C=O) groups is 1. The molecule has 0 fully saturated rings. The summed E-state index contributed by atoms with van der Waals surface area (Å²) < 4.78 is 6.76. The number of hydrogen-bond donors (Lipinski definition) is 1. The predicted octanol–water partition coefficient (Wildman–Crippen LogP) is 4.06. The first-order chi connectivity index (χ1) is 11.0. The molecule has 23 heavy (non-hydrogen) atoms. The van der Waals surface area contributed by atoms with Crippen molar-refractivity contribution in [2.75, 3.05) is 11.1 Å². The van der Waals surface area contributed by atoms with Crippen LogP contribution >= 0.6 is 23.1 Å². The Balaban J connectivity index is 2.04. The maximum atomic E-state index is 12.4. The summed E-state index contributed by atoms with van der Waals surface area (Å²) in [6, 6.07) is 5.97. The van der Waals surface area contributed by atoms with Crippen molar-refractivity contribution in [3.8, 4) is 5.75 Å². The largest absolute Gasteiger partial charge is 0.480 e. The summed E-state index contributed by atoms with van der Waals surface area (Å²) in [6.45, 7) is 7.95. The molecular formula is C16H21N3O2S2. The third kappa shape index (κ3) is 4.94. The Morgan fingerprint density at radius 1 is 1.35 bits per heavy atom. The van der Waals surface area contributed by atoms with E-state index in [4.69, 9.17) is 4.74 Å². The van der Waals surface area contributed by atoms with Crippen molar-refractivity contribution in [2.24, 2.45) is 0 Å². The molecule has 0 radical (unpaired) electrons. The summed E-state index contributed by atoms with van der Waals surface area (Å²) in [6.07, 6.45) is 0.0240. The van der Waals surface area contributed by atoms with Gasteiger partial charge in [0.2, 0.25) is 5.13 Å². The molecule has 1 aromatic carbocycles. The molecule has 5 nitrogen and oxygen atoms in total. The summed E-state index contributed by atoms with van der Waals surface area (Å²) >= 11 is 2.98. The number of nitrogens with one attached hydrogen (secondary N) is 1. The molecule has 2 rings (SSSR count). The van der Waals surface area contributed by atoms with Crippen molar-refractivity contribution in [2.45, 2.75) is 44.6 Å².